The standard InChI is InChI=1S/C63H40N6/c1-4-18-41(19-5-1)43-22-16-23-44(38-43)45-24-17-25-46(39-45)62-64-61(42-20-6-2-7-21-42)65-63(66-62)69-56-33-15-12-30-52(56)59-58(69)37-35-51-49-28-10-14-32-55(49)68(60(51)59)48-34-36-57-53(40-48)50-29-11-13-31-54(50)67(57)47-26-8-3-9-27-47/h1-40H. The van der Waals surface area contributed by atoms with Crippen LogP contribution in [0.3, 0.4) is 0 Å². The van der Waals surface area contributed by atoms with Crippen LogP contribution in [0.15, 0.2) is 243 Å². The zero-order chi connectivity index (χ0) is 45.4. The number of hydrogen-bond donors (Lipinski definition) is 0. The number of benzene rings is 10. The lowest BCUT2D eigenvalue weighted by molar-refractivity contribution is 0.953. The predicted octanol–water partition coefficient (Wildman–Crippen LogP) is 15.8. The Labute approximate surface area is 397 Å². The van der Waals surface area contributed by atoms with E-state index in [1.165, 1.54) is 43.7 Å². The van der Waals surface area contributed by atoms with Crippen molar-refractivity contribution in [3.05, 3.63) is 243 Å². The molecule has 69 heavy (non-hydrogen) atoms. The van der Waals surface area contributed by atoms with Crippen molar-refractivity contribution in [1.82, 2.24) is 28.7 Å². The number of hydrogen-bond acceptors (Lipinski definition) is 3. The molecule has 0 saturated carbocycles. The molecule has 10 aromatic carbocycles. The highest BCUT2D eigenvalue weighted by atomic mass is 15.2. The molecule has 6 nitrogen and oxygen atoms in total. The first-order valence-electron chi connectivity index (χ1n) is 23.4. The first-order chi connectivity index (χ1) is 34.2. The normalized spacial score (nSPS) is 11.8. The van der Waals surface area contributed by atoms with Crippen LogP contribution in [-0.4, -0.2) is 28.7 Å². The predicted molar refractivity (Wildman–Crippen MR) is 285 cm³/mol. The Bertz CT molecular complexity index is 4300. The fourth-order valence-corrected chi connectivity index (χ4v) is 10.6. The summed E-state index contributed by atoms with van der Waals surface area (Å²) in [7, 11) is 0. The Kier molecular flexibility index (Phi) is 8.79. The number of nitrogens with zero attached hydrogens (tertiary/aromatic N) is 6. The third-order valence-corrected chi connectivity index (χ3v) is 13.7. The SMILES string of the molecule is c1ccc(-c2cccc(-c3cccc(-c4nc(-c5ccccc5)nc(-n5c6ccccc6c6c5ccc5c7ccccc7n(-c7ccc8c(c7)c7ccccc7n8-c7ccccc7)c56)n4)c3)c2)cc1. The average Bonchev–Trinajstić information content (AvgIpc) is 4.07. The van der Waals surface area contributed by atoms with Crippen molar-refractivity contribution in [1.29, 1.82) is 0 Å². The molecule has 0 aliphatic carbocycles. The van der Waals surface area contributed by atoms with Crippen LogP contribution in [0.4, 0.5) is 0 Å². The highest BCUT2D eigenvalue weighted by Gasteiger charge is 2.24. The number of fused-ring (bicyclic) bond motifs is 10. The minimum Gasteiger partial charge on any atom is -0.309 e. The van der Waals surface area contributed by atoms with Gasteiger partial charge in [0.1, 0.15) is 0 Å². The van der Waals surface area contributed by atoms with E-state index in [0.717, 1.165) is 66.5 Å². The molecule has 0 atom stereocenters. The van der Waals surface area contributed by atoms with Gasteiger partial charge in [0, 0.05) is 54.8 Å². The third-order valence-electron chi connectivity index (χ3n) is 13.7. The molecule has 0 saturated heterocycles. The molecule has 0 amide bonds. The summed E-state index contributed by atoms with van der Waals surface area (Å²) in [4.78, 5) is 15.9. The largest absolute Gasteiger partial charge is 0.309 e. The minimum atomic E-state index is 0.554. The van der Waals surface area contributed by atoms with E-state index >= 15 is 0 Å². The molecule has 0 aliphatic heterocycles. The summed E-state index contributed by atoms with van der Waals surface area (Å²) < 4.78 is 7.07. The van der Waals surface area contributed by atoms with Gasteiger partial charge in [-0.2, -0.15) is 9.97 Å². The molecule has 322 valence electrons. The second-order valence-corrected chi connectivity index (χ2v) is 17.6. The molecule has 0 aliphatic rings. The lowest BCUT2D eigenvalue weighted by atomic mass is 9.98. The van der Waals surface area contributed by atoms with Gasteiger partial charge in [0.2, 0.25) is 5.95 Å². The van der Waals surface area contributed by atoms with Gasteiger partial charge in [-0.3, -0.25) is 4.57 Å². The van der Waals surface area contributed by atoms with Crippen LogP contribution in [0, 0.1) is 0 Å². The minimum absolute atomic E-state index is 0.554. The van der Waals surface area contributed by atoms with Crippen LogP contribution < -0.4 is 0 Å². The van der Waals surface area contributed by atoms with Crippen LogP contribution in [0.25, 0.3) is 128 Å². The van der Waals surface area contributed by atoms with Gasteiger partial charge >= 0.3 is 0 Å². The summed E-state index contributed by atoms with van der Waals surface area (Å²) in [5, 5.41) is 7.05. The summed E-state index contributed by atoms with van der Waals surface area (Å²) >= 11 is 0. The monoisotopic (exact) mass is 880 g/mol. The lowest BCUT2D eigenvalue weighted by Gasteiger charge is -2.12. The summed E-state index contributed by atoms with van der Waals surface area (Å²) in [6, 6.07) is 86.3. The van der Waals surface area contributed by atoms with Crippen molar-refractivity contribution in [3.8, 4) is 62.4 Å². The van der Waals surface area contributed by atoms with Crippen molar-refractivity contribution >= 4 is 65.4 Å². The van der Waals surface area contributed by atoms with Gasteiger partial charge < -0.3 is 9.13 Å². The Hall–Kier alpha value is -9.39. The zero-order valence-corrected chi connectivity index (χ0v) is 37.3. The molecule has 14 rings (SSSR count). The van der Waals surface area contributed by atoms with Gasteiger partial charge in [-0.05, 0) is 89.0 Å². The second-order valence-electron chi connectivity index (χ2n) is 17.6. The molecule has 0 radical (unpaired) electrons. The number of para-hydroxylation sites is 4. The third kappa shape index (κ3) is 6.23. The Morgan fingerprint density at radius 1 is 0.246 bits per heavy atom. The maximum Gasteiger partial charge on any atom is 0.238 e. The molecular formula is C63H40N6. The van der Waals surface area contributed by atoms with Gasteiger partial charge in [0.15, 0.2) is 11.6 Å². The topological polar surface area (TPSA) is 53.5 Å². The summed E-state index contributed by atoms with van der Waals surface area (Å²) in [5.41, 5.74) is 15.3. The maximum atomic E-state index is 5.40. The van der Waals surface area contributed by atoms with Crippen molar-refractivity contribution < 1.29 is 0 Å². The molecule has 4 heterocycles. The Balaban J connectivity index is 1.00. The summed E-state index contributed by atoms with van der Waals surface area (Å²) in [6.45, 7) is 0. The maximum absolute atomic E-state index is 5.40. The fourth-order valence-electron chi connectivity index (χ4n) is 10.6. The second kappa shape index (κ2) is 15.6. The Morgan fingerprint density at radius 3 is 1.42 bits per heavy atom. The van der Waals surface area contributed by atoms with Crippen LogP contribution in [0.1, 0.15) is 0 Å². The molecule has 0 fully saturated rings. The van der Waals surface area contributed by atoms with Gasteiger partial charge in [-0.25, -0.2) is 4.98 Å². The van der Waals surface area contributed by atoms with Gasteiger partial charge in [-0.1, -0.05) is 176 Å². The van der Waals surface area contributed by atoms with Crippen LogP contribution >= 0.6 is 0 Å². The first kappa shape index (κ1) is 38.8. The molecule has 6 heteroatoms. The van der Waals surface area contributed by atoms with E-state index in [1.807, 2.05) is 18.2 Å². The van der Waals surface area contributed by atoms with Crippen LogP contribution in [0.5, 0.6) is 0 Å². The molecule has 0 N–H and O–H groups in total. The Morgan fingerprint density at radius 2 is 0.725 bits per heavy atom. The van der Waals surface area contributed by atoms with Gasteiger partial charge in [-0.15, -0.1) is 0 Å². The van der Waals surface area contributed by atoms with E-state index in [9.17, 15) is 0 Å². The van der Waals surface area contributed by atoms with Crippen molar-refractivity contribution in [2.24, 2.45) is 0 Å². The lowest BCUT2D eigenvalue weighted by Crippen LogP contribution is -2.06. The van der Waals surface area contributed by atoms with E-state index in [4.69, 9.17) is 15.0 Å². The van der Waals surface area contributed by atoms with Crippen LogP contribution in [-0.2, 0) is 0 Å². The van der Waals surface area contributed by atoms with Crippen molar-refractivity contribution in [2.75, 3.05) is 0 Å². The van der Waals surface area contributed by atoms with Gasteiger partial charge in [0.25, 0.3) is 0 Å². The quantitative estimate of drug-likeness (QED) is 0.160. The summed E-state index contributed by atoms with van der Waals surface area (Å²) in [6.07, 6.45) is 0. The van der Waals surface area contributed by atoms with Crippen molar-refractivity contribution in [3.63, 3.8) is 0 Å². The fraction of sp³-hybridized carbons (Fsp3) is 0. The number of rotatable bonds is 7. The molecule has 0 unspecified atom stereocenters. The first-order valence-corrected chi connectivity index (χ1v) is 23.4. The number of aromatic nitrogens is 6. The van der Waals surface area contributed by atoms with Crippen molar-refractivity contribution in [2.45, 2.75) is 0 Å². The molecule has 4 aromatic heterocycles. The average molecular weight is 881 g/mol. The summed E-state index contributed by atoms with van der Waals surface area (Å²) in [5.74, 6) is 1.76. The zero-order valence-electron chi connectivity index (χ0n) is 37.3. The highest BCUT2D eigenvalue weighted by Crippen LogP contribution is 2.43. The molecule has 14 aromatic rings. The molecular weight excluding hydrogens is 841 g/mol. The van der Waals surface area contributed by atoms with E-state index in [0.29, 0.717) is 17.6 Å². The molecule has 0 bridgehead atoms. The highest BCUT2D eigenvalue weighted by molar-refractivity contribution is 6.26. The van der Waals surface area contributed by atoms with E-state index in [1.54, 1.807) is 0 Å². The van der Waals surface area contributed by atoms with E-state index in [2.05, 4.69) is 238 Å². The van der Waals surface area contributed by atoms with E-state index < -0.39 is 0 Å². The molecule has 0 spiro atoms. The van der Waals surface area contributed by atoms with Crippen LogP contribution in [0.2, 0.25) is 0 Å². The van der Waals surface area contributed by atoms with E-state index in [-0.39, 0.29) is 0 Å². The van der Waals surface area contributed by atoms with Gasteiger partial charge in [0.05, 0.1) is 33.1 Å². The smallest absolute Gasteiger partial charge is 0.238 e.